The van der Waals surface area contributed by atoms with Crippen LogP contribution in [0.3, 0.4) is 0 Å². The van der Waals surface area contributed by atoms with Crippen molar-refractivity contribution in [1.29, 1.82) is 0 Å². The normalized spacial score (nSPS) is 12.7. The molecule has 0 aromatic heterocycles. The Morgan fingerprint density at radius 2 is 1.53 bits per heavy atom. The summed E-state index contributed by atoms with van der Waals surface area (Å²) in [5, 5.41) is 0. The molecule has 0 fully saturated rings. The van der Waals surface area contributed by atoms with Gasteiger partial charge in [0.25, 0.3) is 6.08 Å². The van der Waals surface area contributed by atoms with Gasteiger partial charge in [-0.1, -0.05) is 0 Å². The van der Waals surface area contributed by atoms with E-state index in [2.05, 4.69) is 0 Å². The van der Waals surface area contributed by atoms with Crippen LogP contribution in [0, 0.1) is 0 Å². The summed E-state index contributed by atoms with van der Waals surface area (Å²) in [6.45, 7) is -0.908. The Kier molecular flexibility index (Phi) is 5.10. The molecule has 15 heavy (non-hydrogen) atoms. The minimum atomic E-state index is -4.90. The van der Waals surface area contributed by atoms with Gasteiger partial charge in [0, 0.05) is 6.42 Å². The van der Waals surface area contributed by atoms with E-state index in [0.717, 1.165) is 0 Å². The van der Waals surface area contributed by atoms with E-state index in [9.17, 15) is 30.7 Å². The maximum Gasteiger partial charge on any atom is 0.333 e. The predicted octanol–water partition coefficient (Wildman–Crippen LogP) is 4.18. The second-order valence-corrected chi connectivity index (χ2v) is 2.91. The van der Waals surface area contributed by atoms with Crippen molar-refractivity contribution in [3.05, 3.63) is 12.2 Å². The highest BCUT2D eigenvalue weighted by Crippen LogP contribution is 2.40. The maximum atomic E-state index is 12.6. The molecule has 0 amide bonds. The molecule has 90 valence electrons. The zero-order chi connectivity index (χ0) is 12.1. The van der Waals surface area contributed by atoms with Crippen LogP contribution >= 0.6 is 0 Å². The fraction of sp³-hybridized carbons (Fsp3) is 0.750. The first-order chi connectivity index (χ1) is 6.73. The quantitative estimate of drug-likeness (QED) is 0.481. The van der Waals surface area contributed by atoms with Crippen LogP contribution in [0.1, 0.15) is 19.3 Å². The third-order valence-corrected chi connectivity index (χ3v) is 1.65. The number of hydrogen-bond acceptors (Lipinski definition) is 0. The lowest BCUT2D eigenvalue weighted by Crippen LogP contribution is -2.38. The number of hydrogen-bond donors (Lipinski definition) is 0. The highest BCUT2D eigenvalue weighted by atomic mass is 19.3. The summed E-state index contributed by atoms with van der Waals surface area (Å²) in [7, 11) is 0. The van der Waals surface area contributed by atoms with Gasteiger partial charge in [0.1, 0.15) is 0 Å². The van der Waals surface area contributed by atoms with Gasteiger partial charge in [-0.15, -0.1) is 0 Å². The Balaban J connectivity index is 4.48. The summed E-state index contributed by atoms with van der Waals surface area (Å²) >= 11 is 0. The van der Waals surface area contributed by atoms with Crippen LogP contribution in [0.5, 0.6) is 0 Å². The Hall–Kier alpha value is -0.750. The molecular formula is C8H9F7. The van der Waals surface area contributed by atoms with Crippen molar-refractivity contribution in [3.8, 4) is 0 Å². The summed E-state index contributed by atoms with van der Waals surface area (Å²) < 4.78 is 84.6. The first-order valence-corrected chi connectivity index (χ1v) is 4.08. The summed E-state index contributed by atoms with van der Waals surface area (Å²) in [6.07, 6.45) is -6.06. The number of allylic oxidation sites excluding steroid dienone is 1. The van der Waals surface area contributed by atoms with Gasteiger partial charge in [-0.3, -0.25) is 4.39 Å². The van der Waals surface area contributed by atoms with Gasteiger partial charge in [-0.05, 0) is 12.8 Å². The van der Waals surface area contributed by atoms with Crippen LogP contribution in [-0.4, -0.2) is 18.5 Å². The van der Waals surface area contributed by atoms with Crippen molar-refractivity contribution in [2.45, 2.75) is 31.1 Å². The van der Waals surface area contributed by atoms with Crippen LogP contribution in [0.25, 0.3) is 0 Å². The molecule has 0 saturated heterocycles. The van der Waals surface area contributed by atoms with Gasteiger partial charge in [-0.2, -0.15) is 26.3 Å². The number of unbranched alkanes of at least 4 members (excludes halogenated alkanes) is 1. The molecule has 0 saturated carbocycles. The highest BCUT2D eigenvalue weighted by Gasteiger charge is 2.54. The van der Waals surface area contributed by atoms with Crippen molar-refractivity contribution in [2.24, 2.45) is 0 Å². The van der Waals surface area contributed by atoms with Crippen LogP contribution in [0.15, 0.2) is 12.2 Å². The molecule has 0 nitrogen and oxygen atoms in total. The predicted molar refractivity (Wildman–Crippen MR) is 40.0 cm³/mol. The number of rotatable bonds is 6. The molecule has 0 radical (unpaired) electrons. The van der Waals surface area contributed by atoms with Crippen molar-refractivity contribution < 1.29 is 30.7 Å². The second kappa shape index (κ2) is 5.37. The van der Waals surface area contributed by atoms with Gasteiger partial charge in [0.15, 0.2) is 0 Å². The lowest BCUT2D eigenvalue weighted by molar-refractivity contribution is -0.184. The molecule has 0 aliphatic carbocycles. The van der Waals surface area contributed by atoms with Gasteiger partial charge < -0.3 is 0 Å². The first-order valence-electron chi connectivity index (χ1n) is 4.08. The Morgan fingerprint density at radius 1 is 1.00 bits per heavy atom. The fourth-order valence-corrected chi connectivity index (χ4v) is 0.851. The molecule has 0 atom stereocenters. The molecule has 0 rings (SSSR count). The molecule has 0 aromatic carbocycles. The molecule has 0 spiro atoms. The summed E-state index contributed by atoms with van der Waals surface area (Å²) in [5.74, 6) is -9.48. The second-order valence-electron chi connectivity index (χ2n) is 2.91. The Morgan fingerprint density at radius 3 is 1.93 bits per heavy atom. The van der Waals surface area contributed by atoms with E-state index in [1.54, 1.807) is 0 Å². The molecule has 0 aliphatic rings. The summed E-state index contributed by atoms with van der Waals surface area (Å²) in [5.41, 5.74) is 0. The van der Waals surface area contributed by atoms with Gasteiger partial charge in [0.05, 0.1) is 12.8 Å². The minimum absolute atomic E-state index is 0.298. The van der Waals surface area contributed by atoms with Crippen molar-refractivity contribution in [1.82, 2.24) is 0 Å². The average Bonchev–Trinajstić information content (AvgIpc) is 2.01. The number of halogens is 7. The minimum Gasteiger partial charge on any atom is -0.251 e. The largest absolute Gasteiger partial charge is 0.333 e. The van der Waals surface area contributed by atoms with E-state index in [-0.39, 0.29) is 6.42 Å². The van der Waals surface area contributed by atoms with E-state index >= 15 is 0 Å². The number of alkyl halides is 5. The zero-order valence-electron chi connectivity index (χ0n) is 7.55. The smallest absolute Gasteiger partial charge is 0.251 e. The SMILES string of the molecule is FCCCCC(F)(F)C(F)(F)C=C(F)F. The average molecular weight is 238 g/mol. The molecule has 0 N–H and O–H groups in total. The van der Waals surface area contributed by atoms with E-state index < -0.39 is 43.5 Å². The molecule has 0 heterocycles. The van der Waals surface area contributed by atoms with Gasteiger partial charge >= 0.3 is 11.8 Å². The Bertz CT molecular complexity index is 217. The molecule has 7 heteroatoms. The zero-order valence-corrected chi connectivity index (χ0v) is 7.55. The third kappa shape index (κ3) is 4.53. The molecule has 0 unspecified atom stereocenters. The van der Waals surface area contributed by atoms with E-state index in [1.165, 1.54) is 0 Å². The fourth-order valence-electron chi connectivity index (χ4n) is 0.851. The van der Waals surface area contributed by atoms with Crippen molar-refractivity contribution in [3.63, 3.8) is 0 Å². The molecule has 0 aromatic rings. The monoisotopic (exact) mass is 238 g/mol. The summed E-state index contributed by atoms with van der Waals surface area (Å²) in [6, 6.07) is 0. The van der Waals surface area contributed by atoms with Crippen LogP contribution in [0.2, 0.25) is 0 Å². The summed E-state index contributed by atoms with van der Waals surface area (Å²) in [4.78, 5) is 0. The highest BCUT2D eigenvalue weighted by molar-refractivity contribution is 5.02. The Labute approximate surface area is 81.8 Å². The van der Waals surface area contributed by atoms with Gasteiger partial charge in [-0.25, -0.2) is 0 Å². The standard InChI is InChI=1S/C8H9F7/c9-4-2-1-3-7(12,13)8(14,15)5-6(10)11/h5H,1-4H2. The van der Waals surface area contributed by atoms with E-state index in [4.69, 9.17) is 0 Å². The van der Waals surface area contributed by atoms with E-state index in [0.29, 0.717) is 0 Å². The van der Waals surface area contributed by atoms with Crippen LogP contribution in [-0.2, 0) is 0 Å². The third-order valence-electron chi connectivity index (χ3n) is 1.65. The van der Waals surface area contributed by atoms with Crippen LogP contribution < -0.4 is 0 Å². The molecule has 0 bridgehead atoms. The van der Waals surface area contributed by atoms with Gasteiger partial charge in [0.2, 0.25) is 0 Å². The lowest BCUT2D eigenvalue weighted by atomic mass is 10.1. The molecule has 0 aliphatic heterocycles. The van der Waals surface area contributed by atoms with Crippen molar-refractivity contribution in [2.75, 3.05) is 6.67 Å². The maximum absolute atomic E-state index is 12.6. The first kappa shape index (κ1) is 14.2. The lowest BCUT2D eigenvalue weighted by Gasteiger charge is -2.23. The van der Waals surface area contributed by atoms with Crippen molar-refractivity contribution >= 4 is 0 Å². The van der Waals surface area contributed by atoms with E-state index in [1.807, 2.05) is 0 Å². The molecular weight excluding hydrogens is 229 g/mol. The topological polar surface area (TPSA) is 0 Å². The van der Waals surface area contributed by atoms with Crippen LogP contribution in [0.4, 0.5) is 30.7 Å².